The quantitative estimate of drug-likeness (QED) is 0.486. The van der Waals surface area contributed by atoms with E-state index in [0.717, 1.165) is 31.7 Å². The van der Waals surface area contributed by atoms with Gasteiger partial charge in [-0.25, -0.2) is 0 Å². The Morgan fingerprint density at radius 1 is 1.11 bits per heavy atom. The summed E-state index contributed by atoms with van der Waals surface area (Å²) in [4.78, 5) is 12.8. The number of unbranched alkanes of at least 4 members (excludes halogenated alkanes) is 2. The van der Waals surface area contributed by atoms with E-state index in [1.165, 1.54) is 12.1 Å². The van der Waals surface area contributed by atoms with Crippen molar-refractivity contribution >= 4 is 11.6 Å². The maximum atomic E-state index is 13.3. The molecule has 1 amide bonds. The number of hydrogen-bond donors (Lipinski definition) is 1. The summed E-state index contributed by atoms with van der Waals surface area (Å²) in [5.74, 6) is -0.694. The summed E-state index contributed by atoms with van der Waals surface area (Å²) in [6, 6.07) is 3.53. The third-order valence-electron chi connectivity index (χ3n) is 4.21. The number of rotatable bonds is 11. The van der Waals surface area contributed by atoms with Crippen LogP contribution in [-0.2, 0) is 15.7 Å². The average Bonchev–Trinajstić information content (AvgIpc) is 2.60. The molecule has 0 spiro atoms. The summed E-state index contributed by atoms with van der Waals surface area (Å²) in [5, 5.41) is 2.58. The lowest BCUT2D eigenvalue weighted by atomic mass is 9.96. The van der Waals surface area contributed by atoms with Gasteiger partial charge in [0.25, 0.3) is 5.91 Å². The van der Waals surface area contributed by atoms with E-state index in [2.05, 4.69) is 12.2 Å². The van der Waals surface area contributed by atoms with Crippen LogP contribution in [-0.4, -0.2) is 24.7 Å². The number of carbonyl (C=O) groups excluding carboxylic acids is 1. The van der Waals surface area contributed by atoms with Crippen molar-refractivity contribution in [3.8, 4) is 5.75 Å². The molecule has 0 saturated heterocycles. The van der Waals surface area contributed by atoms with E-state index in [4.69, 9.17) is 9.47 Å². The molecule has 7 heteroatoms. The predicted molar refractivity (Wildman–Crippen MR) is 100 cm³/mol. The molecule has 1 atom stereocenters. The normalized spacial score (nSPS) is 13.9. The van der Waals surface area contributed by atoms with E-state index in [9.17, 15) is 18.0 Å². The molecule has 0 aromatic heterocycles. The van der Waals surface area contributed by atoms with Crippen molar-refractivity contribution in [2.75, 3.05) is 18.5 Å². The van der Waals surface area contributed by atoms with Crippen molar-refractivity contribution in [2.45, 2.75) is 71.6 Å². The minimum absolute atomic E-state index is 0.0672. The highest BCUT2D eigenvalue weighted by atomic mass is 19.4. The van der Waals surface area contributed by atoms with Gasteiger partial charge >= 0.3 is 6.18 Å². The number of carbonyl (C=O) groups is 1. The first-order valence-electron chi connectivity index (χ1n) is 9.47. The van der Waals surface area contributed by atoms with Crippen molar-refractivity contribution in [3.63, 3.8) is 0 Å². The number of amides is 1. The van der Waals surface area contributed by atoms with E-state index in [0.29, 0.717) is 13.0 Å². The van der Waals surface area contributed by atoms with Crippen LogP contribution in [0.25, 0.3) is 0 Å². The van der Waals surface area contributed by atoms with Gasteiger partial charge in [-0.3, -0.25) is 4.79 Å². The maximum absolute atomic E-state index is 13.3. The Morgan fingerprint density at radius 3 is 2.37 bits per heavy atom. The number of nitrogens with one attached hydrogen (secondary N) is 1. The lowest BCUT2D eigenvalue weighted by Crippen LogP contribution is -2.43. The summed E-state index contributed by atoms with van der Waals surface area (Å²) >= 11 is 0. The van der Waals surface area contributed by atoms with Gasteiger partial charge in [0.2, 0.25) is 0 Å². The fraction of sp³-hybridized carbons (Fsp3) is 0.650. The van der Waals surface area contributed by atoms with Crippen LogP contribution in [0.4, 0.5) is 18.9 Å². The zero-order chi connectivity index (χ0) is 20.5. The molecular formula is C20H30F3NO3. The second kappa shape index (κ2) is 10.5. The standard InChI is InChI=1S/C20H30F3NO3/c1-5-8-9-12-19(4,27-13-6-2)18(25)24-15-10-11-17(26-7-3)16(14-15)20(21,22)23/h10-11,14H,5-9,12-13H2,1-4H3,(H,24,25)/t19-/m1/s1. The molecule has 1 aromatic carbocycles. The lowest BCUT2D eigenvalue weighted by molar-refractivity contribution is -0.141. The first-order chi connectivity index (χ1) is 12.7. The van der Waals surface area contributed by atoms with Crippen LogP contribution in [0.3, 0.4) is 0 Å². The van der Waals surface area contributed by atoms with Gasteiger partial charge in [0.1, 0.15) is 11.4 Å². The lowest BCUT2D eigenvalue weighted by Gasteiger charge is -2.29. The monoisotopic (exact) mass is 389 g/mol. The Morgan fingerprint density at radius 2 is 1.81 bits per heavy atom. The van der Waals surface area contributed by atoms with Crippen molar-refractivity contribution < 1.29 is 27.4 Å². The predicted octanol–water partition coefficient (Wildman–Crippen LogP) is 5.81. The second-order valence-corrected chi connectivity index (χ2v) is 6.63. The van der Waals surface area contributed by atoms with Crippen LogP contribution >= 0.6 is 0 Å². The van der Waals surface area contributed by atoms with Crippen molar-refractivity contribution in [1.29, 1.82) is 0 Å². The smallest absolute Gasteiger partial charge is 0.420 e. The van der Waals surface area contributed by atoms with Crippen LogP contribution in [0.5, 0.6) is 5.75 Å². The molecule has 1 aromatic rings. The van der Waals surface area contributed by atoms with Crippen LogP contribution in [0.1, 0.15) is 65.4 Å². The molecule has 4 nitrogen and oxygen atoms in total. The SMILES string of the molecule is CCCCC[C@@](C)(OCCC)C(=O)Nc1ccc(OCC)c(C(F)(F)F)c1. The Kier molecular flexibility index (Phi) is 9.09. The van der Waals surface area contributed by atoms with Gasteiger partial charge in [-0.1, -0.05) is 33.1 Å². The van der Waals surface area contributed by atoms with Crippen LogP contribution in [0.15, 0.2) is 18.2 Å². The van der Waals surface area contributed by atoms with Gasteiger partial charge in [0, 0.05) is 12.3 Å². The first kappa shape index (κ1) is 23.3. The first-order valence-corrected chi connectivity index (χ1v) is 9.47. The fourth-order valence-electron chi connectivity index (χ4n) is 2.66. The molecule has 27 heavy (non-hydrogen) atoms. The van der Waals surface area contributed by atoms with Crippen molar-refractivity contribution in [2.24, 2.45) is 0 Å². The highest BCUT2D eigenvalue weighted by Crippen LogP contribution is 2.38. The minimum atomic E-state index is -4.58. The molecule has 1 N–H and O–H groups in total. The summed E-state index contributed by atoms with van der Waals surface area (Å²) in [6.45, 7) is 7.83. The van der Waals surface area contributed by atoms with Crippen molar-refractivity contribution in [1.82, 2.24) is 0 Å². The minimum Gasteiger partial charge on any atom is -0.493 e. The maximum Gasteiger partial charge on any atom is 0.420 e. The number of anilines is 1. The molecular weight excluding hydrogens is 359 g/mol. The molecule has 0 aliphatic heterocycles. The Bertz CT molecular complexity index is 605. The van der Waals surface area contributed by atoms with Gasteiger partial charge in [-0.2, -0.15) is 13.2 Å². The molecule has 0 saturated carbocycles. The van der Waals surface area contributed by atoms with Gasteiger partial charge < -0.3 is 14.8 Å². The van der Waals surface area contributed by atoms with Gasteiger partial charge in [0.15, 0.2) is 0 Å². The zero-order valence-electron chi connectivity index (χ0n) is 16.5. The largest absolute Gasteiger partial charge is 0.493 e. The molecule has 0 unspecified atom stereocenters. The van der Waals surface area contributed by atoms with Gasteiger partial charge in [-0.05, 0) is 44.9 Å². The summed E-state index contributed by atoms with van der Waals surface area (Å²) < 4.78 is 50.6. The second-order valence-electron chi connectivity index (χ2n) is 6.63. The number of alkyl halides is 3. The van der Waals surface area contributed by atoms with E-state index in [-0.39, 0.29) is 18.0 Å². The molecule has 154 valence electrons. The molecule has 0 aliphatic rings. The van der Waals surface area contributed by atoms with Crippen LogP contribution in [0, 0.1) is 0 Å². The molecule has 0 fully saturated rings. The summed E-state index contributed by atoms with van der Waals surface area (Å²) in [6.07, 6.45) is -0.553. The molecule has 0 aliphatic carbocycles. The van der Waals surface area contributed by atoms with E-state index >= 15 is 0 Å². The number of benzene rings is 1. The Balaban J connectivity index is 3.03. The highest BCUT2D eigenvalue weighted by Gasteiger charge is 2.36. The van der Waals surface area contributed by atoms with Crippen LogP contribution < -0.4 is 10.1 Å². The zero-order valence-corrected chi connectivity index (χ0v) is 16.5. The van der Waals surface area contributed by atoms with E-state index in [1.54, 1.807) is 13.8 Å². The van der Waals surface area contributed by atoms with Gasteiger partial charge in [-0.15, -0.1) is 0 Å². The third kappa shape index (κ3) is 7.05. The third-order valence-corrected chi connectivity index (χ3v) is 4.21. The van der Waals surface area contributed by atoms with E-state index in [1.807, 2.05) is 6.92 Å². The number of halogens is 3. The Hall–Kier alpha value is -1.76. The molecule has 0 heterocycles. The fourth-order valence-corrected chi connectivity index (χ4v) is 2.66. The number of hydrogen-bond acceptors (Lipinski definition) is 3. The molecule has 0 radical (unpaired) electrons. The summed E-state index contributed by atoms with van der Waals surface area (Å²) in [7, 11) is 0. The summed E-state index contributed by atoms with van der Waals surface area (Å²) in [5.41, 5.74) is -1.93. The van der Waals surface area contributed by atoms with E-state index < -0.39 is 23.2 Å². The average molecular weight is 389 g/mol. The van der Waals surface area contributed by atoms with Gasteiger partial charge in [0.05, 0.1) is 12.2 Å². The Labute approximate surface area is 159 Å². The topological polar surface area (TPSA) is 47.6 Å². The highest BCUT2D eigenvalue weighted by molar-refractivity contribution is 5.97. The molecule has 1 rings (SSSR count). The van der Waals surface area contributed by atoms with Crippen LogP contribution in [0.2, 0.25) is 0 Å². The number of ether oxygens (including phenoxy) is 2. The molecule has 0 bridgehead atoms. The van der Waals surface area contributed by atoms with Crippen molar-refractivity contribution in [3.05, 3.63) is 23.8 Å².